The number of aryl methyl sites for hydroxylation is 2. The van der Waals surface area contributed by atoms with Crippen LogP contribution in [0, 0.1) is 0 Å². The van der Waals surface area contributed by atoms with Gasteiger partial charge in [0, 0.05) is 4.88 Å². The van der Waals surface area contributed by atoms with E-state index in [2.05, 4.69) is 19.9 Å². The van der Waals surface area contributed by atoms with E-state index >= 15 is 0 Å². The summed E-state index contributed by atoms with van der Waals surface area (Å²) < 4.78 is 0. The summed E-state index contributed by atoms with van der Waals surface area (Å²) in [4.78, 5) is 1.40. The lowest BCUT2D eigenvalue weighted by Crippen LogP contribution is -1.83. The molecule has 0 aliphatic heterocycles. The first kappa shape index (κ1) is 10.8. The molecular weight excluding hydrogens is 178 g/mol. The van der Waals surface area contributed by atoms with Crippen molar-refractivity contribution in [3.8, 4) is 0 Å². The quantitative estimate of drug-likeness (QED) is 0.765. The summed E-state index contributed by atoms with van der Waals surface area (Å²) in [6.07, 6.45) is 2.16. The number of hydrogen-bond acceptors (Lipinski definition) is 2. The summed E-state index contributed by atoms with van der Waals surface area (Å²) in [6, 6.07) is 2.21. The molecule has 3 heteroatoms. The minimum absolute atomic E-state index is 0. The van der Waals surface area contributed by atoms with Gasteiger partial charge < -0.3 is 5.73 Å². The fraction of sp³-hybridized carbons (Fsp3) is 0.500. The van der Waals surface area contributed by atoms with Gasteiger partial charge in [0.05, 0.1) is 5.00 Å². The number of nitrogen functional groups attached to an aromatic ring is 1. The molecule has 1 nitrogen and oxygen atoms in total. The minimum Gasteiger partial charge on any atom is -0.390 e. The van der Waals surface area contributed by atoms with Crippen molar-refractivity contribution in [2.75, 3.05) is 5.73 Å². The van der Waals surface area contributed by atoms with Crippen LogP contribution >= 0.6 is 23.7 Å². The van der Waals surface area contributed by atoms with Crippen LogP contribution in [0.15, 0.2) is 6.07 Å². The van der Waals surface area contributed by atoms with Crippen LogP contribution in [-0.2, 0) is 12.8 Å². The normalized spacial score (nSPS) is 9.27. The third kappa shape index (κ3) is 2.38. The zero-order chi connectivity index (χ0) is 7.56. The Morgan fingerprint density at radius 2 is 2.00 bits per heavy atom. The van der Waals surface area contributed by atoms with E-state index in [4.69, 9.17) is 5.73 Å². The number of thiophene rings is 1. The van der Waals surface area contributed by atoms with Gasteiger partial charge in [0.2, 0.25) is 0 Å². The number of nitrogens with two attached hydrogens (primary N) is 1. The standard InChI is InChI=1S/C8H13NS.ClH/c1-3-6-5-7(4-2)10-8(6)9;/h5H,3-4,9H2,1-2H3;1H. The lowest BCUT2D eigenvalue weighted by molar-refractivity contribution is 1.13. The Balaban J connectivity index is 0.000001000. The molecule has 0 unspecified atom stereocenters. The Bertz CT molecular complexity index is 220. The van der Waals surface area contributed by atoms with Crippen molar-refractivity contribution in [2.24, 2.45) is 0 Å². The van der Waals surface area contributed by atoms with Crippen LogP contribution in [0.3, 0.4) is 0 Å². The molecule has 64 valence electrons. The van der Waals surface area contributed by atoms with Gasteiger partial charge in [0.15, 0.2) is 0 Å². The first-order valence-corrected chi connectivity index (χ1v) is 4.46. The van der Waals surface area contributed by atoms with E-state index in [1.54, 1.807) is 11.3 Å². The highest BCUT2D eigenvalue weighted by Gasteiger charge is 2.01. The maximum atomic E-state index is 5.75. The molecule has 0 spiro atoms. The molecule has 2 N–H and O–H groups in total. The molecule has 0 saturated heterocycles. The Morgan fingerprint density at radius 1 is 1.36 bits per heavy atom. The Morgan fingerprint density at radius 3 is 2.27 bits per heavy atom. The largest absolute Gasteiger partial charge is 0.390 e. The molecule has 11 heavy (non-hydrogen) atoms. The molecule has 1 aromatic heterocycles. The van der Waals surface area contributed by atoms with Crippen LogP contribution < -0.4 is 5.73 Å². The summed E-state index contributed by atoms with van der Waals surface area (Å²) >= 11 is 1.72. The van der Waals surface area contributed by atoms with E-state index in [1.165, 1.54) is 10.4 Å². The molecule has 1 heterocycles. The summed E-state index contributed by atoms with van der Waals surface area (Å²) in [5.41, 5.74) is 7.05. The van der Waals surface area contributed by atoms with Crippen molar-refractivity contribution < 1.29 is 0 Å². The number of anilines is 1. The number of hydrogen-bond donors (Lipinski definition) is 1. The fourth-order valence-corrected chi connectivity index (χ4v) is 1.91. The number of rotatable bonds is 2. The van der Waals surface area contributed by atoms with Gasteiger partial charge in [-0.1, -0.05) is 13.8 Å². The summed E-state index contributed by atoms with van der Waals surface area (Å²) in [5, 5.41) is 0.999. The van der Waals surface area contributed by atoms with Crippen LogP contribution in [0.4, 0.5) is 5.00 Å². The third-order valence-electron chi connectivity index (χ3n) is 1.62. The van der Waals surface area contributed by atoms with E-state index in [-0.39, 0.29) is 12.4 Å². The Labute approximate surface area is 78.0 Å². The predicted octanol–water partition coefficient (Wildman–Crippen LogP) is 2.88. The van der Waals surface area contributed by atoms with Gasteiger partial charge in [-0.05, 0) is 24.5 Å². The van der Waals surface area contributed by atoms with Crippen molar-refractivity contribution in [1.29, 1.82) is 0 Å². The smallest absolute Gasteiger partial charge is 0.0891 e. The van der Waals surface area contributed by atoms with Gasteiger partial charge in [-0.2, -0.15) is 0 Å². The average Bonchev–Trinajstić information content (AvgIpc) is 2.30. The summed E-state index contributed by atoms with van der Waals surface area (Å²) in [6.45, 7) is 4.29. The van der Waals surface area contributed by atoms with Gasteiger partial charge in [-0.25, -0.2) is 0 Å². The highest BCUT2D eigenvalue weighted by atomic mass is 35.5. The second kappa shape index (κ2) is 4.62. The van der Waals surface area contributed by atoms with Gasteiger partial charge in [-0.3, -0.25) is 0 Å². The topological polar surface area (TPSA) is 26.0 Å². The van der Waals surface area contributed by atoms with E-state index in [9.17, 15) is 0 Å². The van der Waals surface area contributed by atoms with Crippen molar-refractivity contribution in [3.05, 3.63) is 16.5 Å². The van der Waals surface area contributed by atoms with Gasteiger partial charge in [-0.15, -0.1) is 23.7 Å². The molecular formula is C8H14ClNS. The van der Waals surface area contributed by atoms with E-state index in [0.717, 1.165) is 17.8 Å². The maximum absolute atomic E-state index is 5.75. The molecule has 0 aliphatic rings. The molecule has 1 aromatic rings. The van der Waals surface area contributed by atoms with Crippen LogP contribution in [0.2, 0.25) is 0 Å². The van der Waals surface area contributed by atoms with Gasteiger partial charge in [0.25, 0.3) is 0 Å². The van der Waals surface area contributed by atoms with E-state index < -0.39 is 0 Å². The Kier molecular flexibility index (Phi) is 4.54. The van der Waals surface area contributed by atoms with Crippen molar-refractivity contribution in [3.63, 3.8) is 0 Å². The molecule has 0 fully saturated rings. The molecule has 0 aliphatic carbocycles. The molecule has 0 saturated carbocycles. The van der Waals surface area contributed by atoms with Crippen LogP contribution in [0.5, 0.6) is 0 Å². The molecule has 0 atom stereocenters. The summed E-state index contributed by atoms with van der Waals surface area (Å²) in [7, 11) is 0. The second-order valence-corrected chi connectivity index (χ2v) is 3.48. The fourth-order valence-electron chi connectivity index (χ4n) is 0.952. The first-order chi connectivity index (χ1) is 4.77. The van der Waals surface area contributed by atoms with Crippen molar-refractivity contribution >= 4 is 28.7 Å². The molecule has 0 bridgehead atoms. The zero-order valence-electron chi connectivity index (χ0n) is 6.89. The maximum Gasteiger partial charge on any atom is 0.0891 e. The summed E-state index contributed by atoms with van der Waals surface area (Å²) in [5.74, 6) is 0. The highest BCUT2D eigenvalue weighted by molar-refractivity contribution is 7.16. The lowest BCUT2D eigenvalue weighted by Gasteiger charge is -1.88. The molecule has 0 amide bonds. The third-order valence-corrected chi connectivity index (χ3v) is 2.77. The predicted molar refractivity (Wildman–Crippen MR) is 54.7 cm³/mol. The molecule has 1 rings (SSSR count). The minimum atomic E-state index is 0. The van der Waals surface area contributed by atoms with Gasteiger partial charge in [0.1, 0.15) is 0 Å². The lowest BCUT2D eigenvalue weighted by atomic mass is 10.2. The monoisotopic (exact) mass is 191 g/mol. The van der Waals surface area contributed by atoms with Crippen LogP contribution in [0.25, 0.3) is 0 Å². The zero-order valence-corrected chi connectivity index (χ0v) is 8.52. The second-order valence-electron chi connectivity index (χ2n) is 2.31. The van der Waals surface area contributed by atoms with E-state index in [0.29, 0.717) is 0 Å². The molecule has 0 radical (unpaired) electrons. The van der Waals surface area contributed by atoms with Gasteiger partial charge >= 0.3 is 0 Å². The number of halogens is 1. The van der Waals surface area contributed by atoms with Crippen LogP contribution in [0.1, 0.15) is 24.3 Å². The SMILES string of the molecule is CCc1cc(CC)c(N)s1.Cl. The average molecular weight is 192 g/mol. The van der Waals surface area contributed by atoms with Crippen LogP contribution in [-0.4, -0.2) is 0 Å². The van der Waals surface area contributed by atoms with Crippen molar-refractivity contribution in [1.82, 2.24) is 0 Å². The van der Waals surface area contributed by atoms with E-state index in [1.807, 2.05) is 0 Å². The molecule has 0 aromatic carbocycles. The Hall–Kier alpha value is -0.210. The van der Waals surface area contributed by atoms with Crippen molar-refractivity contribution in [2.45, 2.75) is 26.7 Å². The first-order valence-electron chi connectivity index (χ1n) is 3.65. The highest BCUT2D eigenvalue weighted by Crippen LogP contribution is 2.25.